The second kappa shape index (κ2) is 12.4. The van der Waals surface area contributed by atoms with Gasteiger partial charge in [0.05, 0.1) is 11.4 Å². The molecule has 0 bridgehead atoms. The minimum Gasteiger partial charge on any atom is -0.457 e. The van der Waals surface area contributed by atoms with Crippen LogP contribution in [0.25, 0.3) is 28.3 Å². The zero-order chi connectivity index (χ0) is 35.3. The van der Waals surface area contributed by atoms with Crippen LogP contribution in [0.15, 0.2) is 146 Å². The molecule has 5 heteroatoms. The molecule has 3 heterocycles. The second-order valence-electron chi connectivity index (χ2n) is 14.1. The standard InChI is InChI=1S/C46H40N4O/c1-7-16-30(17-8-2)42-47-43(31-18-10-9-11-19-31)49-44(48-42)32-24-26-36-40(28-32)51-41-29-33(25-27-37(41)46(36,5)6)50-38-22-14-12-20-34(38)45(3,4)35-21-13-15-23-39(35)50/h7-29H,1H2,2-6H3/b17-8-,30-16+. The van der Waals surface area contributed by atoms with E-state index in [9.17, 15) is 0 Å². The van der Waals surface area contributed by atoms with Gasteiger partial charge >= 0.3 is 0 Å². The first-order valence-corrected chi connectivity index (χ1v) is 17.4. The number of rotatable bonds is 6. The molecule has 6 aromatic rings. The molecule has 0 N–H and O–H groups in total. The molecule has 0 unspecified atom stereocenters. The van der Waals surface area contributed by atoms with E-state index in [1.807, 2.05) is 55.5 Å². The van der Waals surface area contributed by atoms with Crippen molar-refractivity contribution in [2.75, 3.05) is 4.90 Å². The van der Waals surface area contributed by atoms with Crippen molar-refractivity contribution >= 4 is 22.6 Å². The fraction of sp³-hybridized carbons (Fsp3) is 0.152. The monoisotopic (exact) mass is 664 g/mol. The molecule has 0 fully saturated rings. The Labute approximate surface area is 300 Å². The maximum Gasteiger partial charge on any atom is 0.164 e. The van der Waals surface area contributed by atoms with Gasteiger partial charge < -0.3 is 9.64 Å². The average Bonchev–Trinajstić information content (AvgIpc) is 3.15. The Balaban J connectivity index is 1.24. The van der Waals surface area contributed by atoms with E-state index < -0.39 is 0 Å². The number of hydrogen-bond acceptors (Lipinski definition) is 5. The molecule has 0 atom stereocenters. The van der Waals surface area contributed by atoms with E-state index in [1.54, 1.807) is 6.08 Å². The van der Waals surface area contributed by atoms with E-state index in [2.05, 4.69) is 124 Å². The lowest BCUT2D eigenvalue weighted by Crippen LogP contribution is -2.30. The number of ether oxygens (including phenoxy) is 1. The summed E-state index contributed by atoms with van der Waals surface area (Å²) in [4.78, 5) is 17.2. The summed E-state index contributed by atoms with van der Waals surface area (Å²) in [6.07, 6.45) is 7.64. The molecule has 0 spiro atoms. The van der Waals surface area contributed by atoms with E-state index in [-0.39, 0.29) is 10.8 Å². The highest BCUT2D eigenvalue weighted by Gasteiger charge is 2.38. The summed E-state index contributed by atoms with van der Waals surface area (Å²) >= 11 is 0. The van der Waals surface area contributed by atoms with Gasteiger partial charge in [-0.3, -0.25) is 0 Å². The zero-order valence-electron chi connectivity index (χ0n) is 29.7. The van der Waals surface area contributed by atoms with Crippen molar-refractivity contribution in [3.63, 3.8) is 0 Å². The summed E-state index contributed by atoms with van der Waals surface area (Å²) in [6.45, 7) is 15.0. The lowest BCUT2D eigenvalue weighted by molar-refractivity contribution is 0.418. The molecule has 5 nitrogen and oxygen atoms in total. The molecular weight excluding hydrogens is 625 g/mol. The van der Waals surface area contributed by atoms with Gasteiger partial charge in [-0.15, -0.1) is 0 Å². The number of allylic oxidation sites excluding steroid dienone is 5. The third-order valence-electron chi connectivity index (χ3n) is 10.2. The molecule has 1 aromatic heterocycles. The molecule has 2 aliphatic heterocycles. The molecule has 0 amide bonds. The number of hydrogen-bond donors (Lipinski definition) is 0. The summed E-state index contributed by atoms with van der Waals surface area (Å²) in [5.74, 6) is 3.39. The fourth-order valence-corrected chi connectivity index (χ4v) is 7.59. The maximum atomic E-state index is 6.86. The third-order valence-corrected chi connectivity index (χ3v) is 10.2. The maximum absolute atomic E-state index is 6.86. The highest BCUT2D eigenvalue weighted by atomic mass is 16.5. The van der Waals surface area contributed by atoms with Crippen molar-refractivity contribution in [1.29, 1.82) is 0 Å². The molecule has 0 radical (unpaired) electrons. The number of para-hydroxylation sites is 2. The summed E-state index contributed by atoms with van der Waals surface area (Å²) in [5.41, 5.74) is 10.5. The SMILES string of the molecule is C=C/C=C(\C=C/C)c1nc(-c2ccccc2)nc(-c2ccc3c(c2)Oc2cc(N4c5ccccc5C(C)(C)c5ccccc54)ccc2C3(C)C)n1. The molecule has 2 aliphatic rings. The number of benzene rings is 5. The van der Waals surface area contributed by atoms with E-state index >= 15 is 0 Å². The number of fused-ring (bicyclic) bond motifs is 4. The first kappa shape index (κ1) is 32.2. The Morgan fingerprint density at radius 3 is 1.84 bits per heavy atom. The minimum atomic E-state index is -0.301. The van der Waals surface area contributed by atoms with E-state index in [1.165, 1.54) is 22.5 Å². The predicted molar refractivity (Wildman–Crippen MR) is 209 cm³/mol. The molecule has 0 saturated heterocycles. The zero-order valence-corrected chi connectivity index (χ0v) is 29.7. The Bertz CT molecular complexity index is 2340. The van der Waals surface area contributed by atoms with Crippen LogP contribution in [0.2, 0.25) is 0 Å². The van der Waals surface area contributed by atoms with Crippen LogP contribution in [0.5, 0.6) is 11.5 Å². The van der Waals surface area contributed by atoms with Crippen molar-refractivity contribution in [1.82, 2.24) is 15.0 Å². The van der Waals surface area contributed by atoms with Gasteiger partial charge in [-0.25, -0.2) is 15.0 Å². The van der Waals surface area contributed by atoms with Crippen LogP contribution in [-0.2, 0) is 10.8 Å². The van der Waals surface area contributed by atoms with Gasteiger partial charge in [0.1, 0.15) is 11.5 Å². The Morgan fingerprint density at radius 1 is 0.627 bits per heavy atom. The minimum absolute atomic E-state index is 0.129. The number of aromatic nitrogens is 3. The van der Waals surface area contributed by atoms with Crippen molar-refractivity contribution in [2.45, 2.75) is 45.4 Å². The van der Waals surface area contributed by atoms with Crippen LogP contribution in [0.1, 0.15) is 62.7 Å². The molecule has 250 valence electrons. The lowest BCUT2D eigenvalue weighted by Gasteiger charge is -2.42. The van der Waals surface area contributed by atoms with Gasteiger partial charge in [0.25, 0.3) is 0 Å². The average molecular weight is 665 g/mol. The largest absolute Gasteiger partial charge is 0.457 e. The van der Waals surface area contributed by atoms with E-state index in [0.29, 0.717) is 17.5 Å². The van der Waals surface area contributed by atoms with Gasteiger partial charge in [0.15, 0.2) is 17.5 Å². The van der Waals surface area contributed by atoms with Gasteiger partial charge in [0.2, 0.25) is 0 Å². The van der Waals surface area contributed by atoms with Crippen molar-refractivity contribution in [3.8, 4) is 34.3 Å². The molecule has 0 aliphatic carbocycles. The van der Waals surface area contributed by atoms with Crippen LogP contribution in [0.3, 0.4) is 0 Å². The van der Waals surface area contributed by atoms with Crippen molar-refractivity contribution in [3.05, 3.63) is 174 Å². The second-order valence-corrected chi connectivity index (χ2v) is 14.1. The van der Waals surface area contributed by atoms with Crippen LogP contribution >= 0.6 is 0 Å². The molecule has 51 heavy (non-hydrogen) atoms. The summed E-state index contributed by atoms with van der Waals surface area (Å²) in [5, 5.41) is 0. The molecule has 5 aromatic carbocycles. The quantitative estimate of drug-likeness (QED) is 0.166. The van der Waals surface area contributed by atoms with Gasteiger partial charge in [-0.05, 0) is 42.3 Å². The van der Waals surface area contributed by atoms with Gasteiger partial charge in [-0.2, -0.15) is 0 Å². The summed E-state index contributed by atoms with van der Waals surface area (Å²) in [6, 6.07) is 40.4. The van der Waals surface area contributed by atoms with Gasteiger partial charge in [0, 0.05) is 50.4 Å². The molecular formula is C46H40N4O. The smallest absolute Gasteiger partial charge is 0.164 e. The highest BCUT2D eigenvalue weighted by molar-refractivity contribution is 5.86. The van der Waals surface area contributed by atoms with E-state index in [0.717, 1.165) is 45.0 Å². The van der Waals surface area contributed by atoms with Crippen LogP contribution in [0, 0.1) is 0 Å². The fourth-order valence-electron chi connectivity index (χ4n) is 7.59. The highest BCUT2D eigenvalue weighted by Crippen LogP contribution is 2.54. The van der Waals surface area contributed by atoms with Crippen molar-refractivity contribution in [2.24, 2.45) is 0 Å². The Kier molecular flexibility index (Phi) is 7.79. The molecule has 8 rings (SSSR count). The first-order chi connectivity index (χ1) is 24.7. The van der Waals surface area contributed by atoms with E-state index in [4.69, 9.17) is 19.7 Å². The third kappa shape index (κ3) is 5.37. The first-order valence-electron chi connectivity index (χ1n) is 17.4. The van der Waals surface area contributed by atoms with Crippen LogP contribution < -0.4 is 9.64 Å². The Hall–Kier alpha value is -6.07. The number of anilines is 3. The molecule has 0 saturated carbocycles. The Morgan fingerprint density at radius 2 is 1.20 bits per heavy atom. The van der Waals surface area contributed by atoms with Crippen LogP contribution in [0.4, 0.5) is 17.1 Å². The van der Waals surface area contributed by atoms with Gasteiger partial charge in [-0.1, -0.05) is 144 Å². The normalized spacial score (nSPS) is 15.3. The van der Waals surface area contributed by atoms with Crippen LogP contribution in [-0.4, -0.2) is 15.0 Å². The summed E-state index contributed by atoms with van der Waals surface area (Å²) < 4.78 is 6.86. The number of nitrogens with zero attached hydrogens (tertiary/aromatic N) is 4. The summed E-state index contributed by atoms with van der Waals surface area (Å²) in [7, 11) is 0. The topological polar surface area (TPSA) is 51.1 Å². The lowest BCUT2D eigenvalue weighted by atomic mass is 9.73. The van der Waals surface area contributed by atoms with Crippen molar-refractivity contribution < 1.29 is 4.74 Å². The predicted octanol–water partition coefficient (Wildman–Crippen LogP) is 11.9.